The van der Waals surface area contributed by atoms with Crippen LogP contribution in [0.15, 0.2) is 22.7 Å². The molecule has 5 heteroatoms. The molecule has 1 amide bonds. The van der Waals surface area contributed by atoms with Crippen molar-refractivity contribution in [1.29, 1.82) is 0 Å². The molecule has 1 aromatic carbocycles. The molecule has 2 rings (SSSR count). The van der Waals surface area contributed by atoms with E-state index in [1.54, 1.807) is 19.2 Å². The molecule has 1 aromatic rings. The molecule has 3 nitrogen and oxygen atoms in total. The molecule has 0 radical (unpaired) electrons. The van der Waals surface area contributed by atoms with Crippen molar-refractivity contribution in [2.45, 2.75) is 18.9 Å². The summed E-state index contributed by atoms with van der Waals surface area (Å²) in [5.74, 6) is 1.05. The number of carbonyl (C=O) groups excluding carboxylic acids is 1. The normalized spacial score (nSPS) is 14.4. The number of alkyl halides is 1. The maximum Gasteiger partial charge on any atom is 0.257 e. The molecular weight excluding hydrogens is 318 g/mol. The summed E-state index contributed by atoms with van der Waals surface area (Å²) >= 11 is 9.14. The molecule has 0 aromatic heterocycles. The molecule has 0 aliphatic heterocycles. The number of halogens is 2. The Bertz CT molecular complexity index is 449. The van der Waals surface area contributed by atoms with Gasteiger partial charge in [0.1, 0.15) is 5.75 Å². The minimum Gasteiger partial charge on any atom is -0.496 e. The highest BCUT2D eigenvalue weighted by molar-refractivity contribution is 9.10. The first kappa shape index (κ1) is 13.7. The Hall–Kier alpha value is -0.740. The summed E-state index contributed by atoms with van der Waals surface area (Å²) in [7, 11) is 1.57. The van der Waals surface area contributed by atoms with E-state index in [1.165, 1.54) is 0 Å². The fourth-order valence-corrected chi connectivity index (χ4v) is 2.45. The van der Waals surface area contributed by atoms with Crippen LogP contribution < -0.4 is 4.74 Å². The van der Waals surface area contributed by atoms with Gasteiger partial charge in [-0.15, -0.1) is 11.6 Å². The second-order valence-corrected chi connectivity index (χ2v) is 5.56. The standard InChI is InChI=1S/C13H15BrClNO2/c1-18-12-8-9(14)2-5-11(12)13(17)16(7-6-15)10-3-4-10/h2,5,8,10H,3-4,6-7H2,1H3. The van der Waals surface area contributed by atoms with Gasteiger partial charge in [0.2, 0.25) is 0 Å². The highest BCUT2D eigenvalue weighted by Crippen LogP contribution is 2.31. The van der Waals surface area contributed by atoms with Crippen LogP contribution in [-0.4, -0.2) is 36.4 Å². The lowest BCUT2D eigenvalue weighted by atomic mass is 10.1. The van der Waals surface area contributed by atoms with Gasteiger partial charge in [0.15, 0.2) is 0 Å². The summed E-state index contributed by atoms with van der Waals surface area (Å²) in [4.78, 5) is 14.3. The fourth-order valence-electron chi connectivity index (χ4n) is 1.92. The summed E-state index contributed by atoms with van der Waals surface area (Å²) < 4.78 is 6.16. The number of methoxy groups -OCH3 is 1. The van der Waals surface area contributed by atoms with Crippen molar-refractivity contribution in [3.63, 3.8) is 0 Å². The average Bonchev–Trinajstić information content (AvgIpc) is 3.19. The SMILES string of the molecule is COc1cc(Br)ccc1C(=O)N(CCCl)C1CC1. The molecule has 1 fully saturated rings. The molecule has 0 atom stereocenters. The molecule has 0 bridgehead atoms. The number of rotatable bonds is 5. The zero-order valence-electron chi connectivity index (χ0n) is 10.2. The Morgan fingerprint density at radius 3 is 2.83 bits per heavy atom. The first-order valence-electron chi connectivity index (χ1n) is 5.88. The van der Waals surface area contributed by atoms with Crippen molar-refractivity contribution in [3.8, 4) is 5.75 Å². The van der Waals surface area contributed by atoms with Gasteiger partial charge in [-0.2, -0.15) is 0 Å². The van der Waals surface area contributed by atoms with E-state index < -0.39 is 0 Å². The van der Waals surface area contributed by atoms with E-state index in [0.29, 0.717) is 29.8 Å². The van der Waals surface area contributed by atoms with E-state index in [9.17, 15) is 4.79 Å². The lowest BCUT2D eigenvalue weighted by molar-refractivity contribution is 0.0750. The number of ether oxygens (including phenoxy) is 1. The minimum absolute atomic E-state index is 0.00231. The molecule has 1 aliphatic rings. The van der Waals surface area contributed by atoms with Crippen LogP contribution >= 0.6 is 27.5 Å². The van der Waals surface area contributed by atoms with Gasteiger partial charge in [-0.05, 0) is 31.0 Å². The van der Waals surface area contributed by atoms with Gasteiger partial charge in [0, 0.05) is 22.9 Å². The highest BCUT2D eigenvalue weighted by Gasteiger charge is 2.33. The zero-order valence-corrected chi connectivity index (χ0v) is 12.5. The van der Waals surface area contributed by atoms with Gasteiger partial charge in [0.25, 0.3) is 5.91 Å². The lowest BCUT2D eigenvalue weighted by Crippen LogP contribution is -2.35. The maximum absolute atomic E-state index is 12.5. The van der Waals surface area contributed by atoms with Crippen LogP contribution in [0.3, 0.4) is 0 Å². The molecule has 1 aliphatic carbocycles. The Morgan fingerprint density at radius 1 is 1.56 bits per heavy atom. The van der Waals surface area contributed by atoms with E-state index in [4.69, 9.17) is 16.3 Å². The van der Waals surface area contributed by atoms with Crippen molar-refractivity contribution < 1.29 is 9.53 Å². The van der Waals surface area contributed by atoms with Crippen LogP contribution in [0.4, 0.5) is 0 Å². The van der Waals surface area contributed by atoms with Gasteiger partial charge in [-0.1, -0.05) is 15.9 Å². The molecule has 18 heavy (non-hydrogen) atoms. The zero-order chi connectivity index (χ0) is 13.1. The van der Waals surface area contributed by atoms with Crippen LogP contribution in [0.5, 0.6) is 5.75 Å². The molecule has 0 saturated heterocycles. The number of hydrogen-bond acceptors (Lipinski definition) is 2. The Labute approximate surface area is 120 Å². The fraction of sp³-hybridized carbons (Fsp3) is 0.462. The average molecular weight is 333 g/mol. The van der Waals surface area contributed by atoms with Crippen LogP contribution in [0.25, 0.3) is 0 Å². The molecule has 98 valence electrons. The maximum atomic E-state index is 12.5. The van der Waals surface area contributed by atoms with Gasteiger partial charge in [-0.3, -0.25) is 4.79 Å². The second-order valence-electron chi connectivity index (χ2n) is 4.26. The Morgan fingerprint density at radius 2 is 2.28 bits per heavy atom. The van der Waals surface area contributed by atoms with Crippen LogP contribution in [0, 0.1) is 0 Å². The first-order valence-corrected chi connectivity index (χ1v) is 7.20. The summed E-state index contributed by atoms with van der Waals surface area (Å²) in [6.45, 7) is 0.588. The van der Waals surface area contributed by atoms with Crippen LogP contribution in [0.2, 0.25) is 0 Å². The summed E-state index contributed by atoms with van der Waals surface area (Å²) in [6.07, 6.45) is 2.14. The van der Waals surface area contributed by atoms with Crippen LogP contribution in [0.1, 0.15) is 23.2 Å². The Kier molecular flexibility index (Phi) is 4.51. The third kappa shape index (κ3) is 2.98. The number of nitrogens with zero attached hydrogens (tertiary/aromatic N) is 1. The van der Waals surface area contributed by atoms with Crippen molar-refractivity contribution in [3.05, 3.63) is 28.2 Å². The number of hydrogen-bond donors (Lipinski definition) is 0. The molecule has 0 heterocycles. The summed E-state index contributed by atoms with van der Waals surface area (Å²) in [5, 5.41) is 0. The van der Waals surface area contributed by atoms with Crippen LogP contribution in [-0.2, 0) is 0 Å². The molecule has 1 saturated carbocycles. The third-order valence-electron chi connectivity index (χ3n) is 2.97. The van der Waals surface area contributed by atoms with Crippen molar-refractivity contribution in [1.82, 2.24) is 4.90 Å². The smallest absolute Gasteiger partial charge is 0.257 e. The topological polar surface area (TPSA) is 29.5 Å². The van der Waals surface area contributed by atoms with Gasteiger partial charge >= 0.3 is 0 Å². The highest BCUT2D eigenvalue weighted by atomic mass is 79.9. The van der Waals surface area contributed by atoms with Crippen molar-refractivity contribution in [2.24, 2.45) is 0 Å². The molecular formula is C13H15BrClNO2. The molecule has 0 unspecified atom stereocenters. The first-order chi connectivity index (χ1) is 8.67. The van der Waals surface area contributed by atoms with Gasteiger partial charge in [0.05, 0.1) is 12.7 Å². The second kappa shape index (κ2) is 5.93. The van der Waals surface area contributed by atoms with Gasteiger partial charge in [-0.25, -0.2) is 0 Å². The Balaban J connectivity index is 2.26. The number of benzene rings is 1. The quantitative estimate of drug-likeness (QED) is 0.774. The molecule has 0 spiro atoms. The minimum atomic E-state index is 0.00231. The largest absolute Gasteiger partial charge is 0.496 e. The number of carbonyl (C=O) groups is 1. The monoisotopic (exact) mass is 331 g/mol. The number of amides is 1. The van der Waals surface area contributed by atoms with Crippen molar-refractivity contribution >= 4 is 33.4 Å². The van der Waals surface area contributed by atoms with E-state index in [2.05, 4.69) is 15.9 Å². The lowest BCUT2D eigenvalue weighted by Gasteiger charge is -2.22. The molecule has 0 N–H and O–H groups in total. The van der Waals surface area contributed by atoms with E-state index in [-0.39, 0.29) is 5.91 Å². The summed E-state index contributed by atoms with van der Waals surface area (Å²) in [5.41, 5.74) is 0.595. The van der Waals surface area contributed by atoms with E-state index in [0.717, 1.165) is 17.3 Å². The third-order valence-corrected chi connectivity index (χ3v) is 3.63. The van der Waals surface area contributed by atoms with Gasteiger partial charge < -0.3 is 9.64 Å². The van der Waals surface area contributed by atoms with E-state index >= 15 is 0 Å². The van der Waals surface area contributed by atoms with Crippen molar-refractivity contribution in [2.75, 3.05) is 19.5 Å². The predicted molar refractivity (Wildman–Crippen MR) is 75.5 cm³/mol. The summed E-state index contributed by atoms with van der Waals surface area (Å²) in [6, 6.07) is 5.79. The predicted octanol–water partition coefficient (Wildman–Crippen LogP) is 3.30. The van der Waals surface area contributed by atoms with E-state index in [1.807, 2.05) is 11.0 Å².